The molecule has 116 valence electrons. The second kappa shape index (κ2) is 6.16. The molecule has 1 heterocycles. The second-order valence-corrected chi connectivity index (χ2v) is 6.76. The molecule has 0 unspecified atom stereocenters. The largest absolute Gasteiger partial charge is 0.381 e. The van der Waals surface area contributed by atoms with Crippen molar-refractivity contribution in [3.63, 3.8) is 0 Å². The Bertz CT molecular complexity index is 471. The highest BCUT2D eigenvalue weighted by Gasteiger charge is 2.38. The number of rotatable bonds is 4. The molecule has 1 aliphatic rings. The number of likely N-dealkylation sites (tertiary alicyclic amines) is 1. The molecule has 0 aromatic heterocycles. The van der Waals surface area contributed by atoms with Gasteiger partial charge in [-0.3, -0.25) is 4.79 Å². The van der Waals surface area contributed by atoms with Crippen LogP contribution in [-0.4, -0.2) is 47.2 Å². The van der Waals surface area contributed by atoms with Gasteiger partial charge in [0.05, 0.1) is 0 Å². The predicted octanol–water partition coefficient (Wildman–Crippen LogP) is 1.58. The molecule has 2 rings (SSSR count). The number of benzene rings is 1. The summed E-state index contributed by atoms with van der Waals surface area (Å²) in [5, 5.41) is 13.1. The molecule has 0 spiro atoms. The Morgan fingerprint density at radius 2 is 1.86 bits per heavy atom. The zero-order valence-electron chi connectivity index (χ0n) is 13.2. The van der Waals surface area contributed by atoms with E-state index < -0.39 is 5.60 Å². The first-order chi connectivity index (χ1) is 9.81. The molecule has 2 N–H and O–H groups in total. The molecule has 1 saturated heterocycles. The van der Waals surface area contributed by atoms with Crippen LogP contribution in [0.4, 0.5) is 0 Å². The zero-order chi connectivity index (χ0) is 15.5. The van der Waals surface area contributed by atoms with Gasteiger partial charge in [-0.25, -0.2) is 0 Å². The summed E-state index contributed by atoms with van der Waals surface area (Å²) in [5.41, 5.74) is -0.379. The van der Waals surface area contributed by atoms with Crippen LogP contribution in [0.25, 0.3) is 0 Å². The third-order valence-electron chi connectivity index (χ3n) is 4.26. The lowest BCUT2D eigenvalue weighted by Crippen LogP contribution is -2.59. The summed E-state index contributed by atoms with van der Waals surface area (Å²) < 4.78 is 0. The molecule has 1 aliphatic heterocycles. The summed E-state index contributed by atoms with van der Waals surface area (Å²) in [5.74, 6) is -0.289. The Balaban J connectivity index is 2.17. The zero-order valence-corrected chi connectivity index (χ0v) is 13.2. The molecular weight excluding hydrogens is 264 g/mol. The highest BCUT2D eigenvalue weighted by atomic mass is 16.3. The van der Waals surface area contributed by atoms with Crippen molar-refractivity contribution in [1.82, 2.24) is 10.2 Å². The van der Waals surface area contributed by atoms with Crippen LogP contribution in [0.5, 0.6) is 0 Å². The summed E-state index contributed by atoms with van der Waals surface area (Å²) in [4.78, 5) is 14.5. The minimum atomic E-state index is -1.34. The Labute approximate surface area is 127 Å². The normalized spacial score (nSPS) is 19.2. The third kappa shape index (κ3) is 4.29. The number of amides is 1. The summed E-state index contributed by atoms with van der Waals surface area (Å²) in [7, 11) is 2.10. The van der Waals surface area contributed by atoms with E-state index in [1.165, 1.54) is 19.4 Å². The fraction of sp³-hybridized carbons (Fsp3) is 0.588. The quantitative estimate of drug-likeness (QED) is 0.885. The Hall–Kier alpha value is -1.39. The molecule has 1 aromatic rings. The lowest BCUT2D eigenvalue weighted by atomic mass is 9.81. The van der Waals surface area contributed by atoms with Gasteiger partial charge in [0.25, 0.3) is 5.91 Å². The van der Waals surface area contributed by atoms with Crippen molar-refractivity contribution in [2.75, 3.05) is 20.1 Å². The number of hydrogen-bond donors (Lipinski definition) is 2. The van der Waals surface area contributed by atoms with Gasteiger partial charge in [-0.15, -0.1) is 0 Å². The van der Waals surface area contributed by atoms with Crippen molar-refractivity contribution >= 4 is 5.91 Å². The fourth-order valence-electron chi connectivity index (χ4n) is 2.77. The number of carbonyl (C=O) groups is 1. The molecule has 21 heavy (non-hydrogen) atoms. The molecule has 0 aliphatic carbocycles. The highest BCUT2D eigenvalue weighted by molar-refractivity contribution is 5.84. The molecule has 0 saturated carbocycles. The first-order valence-electron chi connectivity index (χ1n) is 7.58. The molecule has 4 heteroatoms. The van der Waals surface area contributed by atoms with Crippen molar-refractivity contribution in [2.45, 2.75) is 44.2 Å². The average Bonchev–Trinajstić information content (AvgIpc) is 2.42. The van der Waals surface area contributed by atoms with Gasteiger partial charge in [0.15, 0.2) is 0 Å². The van der Waals surface area contributed by atoms with E-state index >= 15 is 0 Å². The number of nitrogens with one attached hydrogen (secondary N) is 1. The summed E-state index contributed by atoms with van der Waals surface area (Å²) in [6, 6.07) is 10.2. The number of hydrogen-bond acceptors (Lipinski definition) is 3. The predicted molar refractivity (Wildman–Crippen MR) is 84.0 cm³/mol. The van der Waals surface area contributed by atoms with Crippen LogP contribution in [0.15, 0.2) is 30.3 Å². The minimum Gasteiger partial charge on any atom is -0.381 e. The number of aliphatic hydroxyl groups is 1. The molecular formula is C17H26N2O2. The van der Waals surface area contributed by atoms with E-state index in [0.29, 0.717) is 0 Å². The Morgan fingerprint density at radius 3 is 2.38 bits per heavy atom. The number of nitrogens with zero attached hydrogens (tertiary/aromatic N) is 1. The molecule has 0 bridgehead atoms. The second-order valence-electron chi connectivity index (χ2n) is 6.76. The van der Waals surface area contributed by atoms with Gasteiger partial charge in [0, 0.05) is 18.6 Å². The maximum absolute atomic E-state index is 12.2. The summed E-state index contributed by atoms with van der Waals surface area (Å²) >= 11 is 0. The van der Waals surface area contributed by atoms with Gasteiger partial charge in [-0.2, -0.15) is 0 Å². The van der Waals surface area contributed by atoms with Crippen LogP contribution >= 0.6 is 0 Å². The maximum Gasteiger partial charge on any atom is 0.251 e. The van der Waals surface area contributed by atoms with E-state index in [1.54, 1.807) is 0 Å². The van der Waals surface area contributed by atoms with Crippen LogP contribution in [0, 0.1) is 0 Å². The van der Waals surface area contributed by atoms with Gasteiger partial charge in [0.1, 0.15) is 5.60 Å². The SMILES string of the molecule is CN1CCC(Cc2ccccc2)(NC(=O)C(C)(C)O)CC1. The van der Waals surface area contributed by atoms with Crippen LogP contribution in [0.1, 0.15) is 32.3 Å². The van der Waals surface area contributed by atoms with Crippen molar-refractivity contribution in [1.29, 1.82) is 0 Å². The van der Waals surface area contributed by atoms with Crippen LogP contribution < -0.4 is 5.32 Å². The minimum absolute atomic E-state index is 0.259. The highest BCUT2D eigenvalue weighted by Crippen LogP contribution is 2.27. The third-order valence-corrected chi connectivity index (χ3v) is 4.26. The van der Waals surface area contributed by atoms with Crippen LogP contribution in [-0.2, 0) is 11.2 Å². The smallest absolute Gasteiger partial charge is 0.251 e. The molecule has 0 radical (unpaired) electrons. The van der Waals surface area contributed by atoms with Crippen molar-refractivity contribution < 1.29 is 9.90 Å². The molecule has 1 fully saturated rings. The maximum atomic E-state index is 12.2. The van der Waals surface area contributed by atoms with Gasteiger partial charge in [-0.1, -0.05) is 30.3 Å². The monoisotopic (exact) mass is 290 g/mol. The summed E-state index contributed by atoms with van der Waals surface area (Å²) in [6.45, 7) is 4.99. The van der Waals surface area contributed by atoms with Crippen LogP contribution in [0.2, 0.25) is 0 Å². The van der Waals surface area contributed by atoms with E-state index in [-0.39, 0.29) is 11.4 Å². The average molecular weight is 290 g/mol. The standard InChI is InChI=1S/C17H26N2O2/c1-16(2,21)15(20)18-17(9-11-19(3)12-10-17)13-14-7-5-4-6-8-14/h4-8,21H,9-13H2,1-3H3,(H,18,20). The molecule has 1 aromatic carbocycles. The molecule has 0 atom stereocenters. The summed E-state index contributed by atoms with van der Waals surface area (Å²) in [6.07, 6.45) is 2.62. The van der Waals surface area contributed by atoms with Gasteiger partial charge < -0.3 is 15.3 Å². The number of carbonyl (C=O) groups excluding carboxylic acids is 1. The van der Waals surface area contributed by atoms with Crippen molar-refractivity contribution in [3.05, 3.63) is 35.9 Å². The fourth-order valence-corrected chi connectivity index (χ4v) is 2.77. The lowest BCUT2D eigenvalue weighted by molar-refractivity contribution is -0.139. The van der Waals surface area contributed by atoms with Crippen LogP contribution in [0.3, 0.4) is 0 Å². The van der Waals surface area contributed by atoms with Crippen molar-refractivity contribution in [2.24, 2.45) is 0 Å². The first kappa shape index (κ1) is 16.0. The first-order valence-corrected chi connectivity index (χ1v) is 7.58. The van der Waals surface area contributed by atoms with E-state index in [0.717, 1.165) is 32.4 Å². The van der Waals surface area contributed by atoms with Gasteiger partial charge >= 0.3 is 0 Å². The lowest BCUT2D eigenvalue weighted by Gasteiger charge is -2.42. The van der Waals surface area contributed by atoms with E-state index in [9.17, 15) is 9.90 Å². The molecule has 1 amide bonds. The number of piperidine rings is 1. The Morgan fingerprint density at radius 1 is 1.29 bits per heavy atom. The van der Waals surface area contributed by atoms with Gasteiger partial charge in [0.2, 0.25) is 0 Å². The molecule has 4 nitrogen and oxygen atoms in total. The topological polar surface area (TPSA) is 52.6 Å². The van der Waals surface area contributed by atoms with E-state index in [4.69, 9.17) is 0 Å². The van der Waals surface area contributed by atoms with E-state index in [1.807, 2.05) is 18.2 Å². The van der Waals surface area contributed by atoms with Crippen molar-refractivity contribution in [3.8, 4) is 0 Å². The van der Waals surface area contributed by atoms with E-state index in [2.05, 4.69) is 29.4 Å². The Kier molecular flexibility index (Phi) is 4.69. The van der Waals surface area contributed by atoms with Gasteiger partial charge in [-0.05, 0) is 45.7 Å².